The molecular formula is C15H25NO3. The Bertz CT molecular complexity index is 378. The predicted octanol–water partition coefficient (Wildman–Crippen LogP) is 2.08. The van der Waals surface area contributed by atoms with E-state index in [1.54, 1.807) is 4.90 Å². The monoisotopic (exact) mass is 267 g/mol. The number of carbonyl (C=O) groups excluding carboxylic acids is 2. The van der Waals surface area contributed by atoms with Crippen molar-refractivity contribution in [2.24, 2.45) is 23.7 Å². The summed E-state index contributed by atoms with van der Waals surface area (Å²) in [5, 5.41) is 0. The summed E-state index contributed by atoms with van der Waals surface area (Å²) < 4.78 is 5.53. The van der Waals surface area contributed by atoms with Gasteiger partial charge in [0.2, 0.25) is 5.91 Å². The van der Waals surface area contributed by atoms with E-state index >= 15 is 0 Å². The van der Waals surface area contributed by atoms with Crippen LogP contribution in [0.1, 0.15) is 40.5 Å². The molecule has 1 amide bonds. The summed E-state index contributed by atoms with van der Waals surface area (Å²) in [7, 11) is 1.84. The highest BCUT2D eigenvalue weighted by Crippen LogP contribution is 2.37. The second-order valence-corrected chi connectivity index (χ2v) is 6.66. The molecule has 4 nitrogen and oxygen atoms in total. The van der Waals surface area contributed by atoms with Gasteiger partial charge in [0.15, 0.2) is 0 Å². The van der Waals surface area contributed by atoms with Crippen LogP contribution in [0, 0.1) is 23.7 Å². The minimum absolute atomic E-state index is 0.00778. The highest BCUT2D eigenvalue weighted by Gasteiger charge is 2.48. The number of amides is 1. The molecule has 0 aromatic heterocycles. The first-order chi connectivity index (χ1) is 8.82. The number of esters is 1. The molecule has 0 aromatic rings. The smallest absolute Gasteiger partial charge is 0.309 e. The molecule has 0 aromatic carbocycles. The number of likely N-dealkylation sites (N-methyl/N-ethyl adjacent to an activating group) is 1. The Kier molecular flexibility index (Phi) is 3.88. The summed E-state index contributed by atoms with van der Waals surface area (Å²) >= 11 is 0. The maximum atomic E-state index is 12.2. The number of hydrogen-bond donors (Lipinski definition) is 0. The Morgan fingerprint density at radius 3 is 2.05 bits per heavy atom. The Hall–Kier alpha value is -1.06. The summed E-state index contributed by atoms with van der Waals surface area (Å²) in [4.78, 5) is 25.9. The highest BCUT2D eigenvalue weighted by molar-refractivity contribution is 5.82. The normalized spacial score (nSPS) is 35.6. The fraction of sp³-hybridized carbons (Fsp3) is 0.867. The zero-order valence-electron chi connectivity index (χ0n) is 12.6. The van der Waals surface area contributed by atoms with Gasteiger partial charge < -0.3 is 9.64 Å². The Morgan fingerprint density at radius 1 is 1.05 bits per heavy atom. The average Bonchev–Trinajstić information content (AvgIpc) is 2.82. The Morgan fingerprint density at radius 2 is 1.63 bits per heavy atom. The predicted molar refractivity (Wildman–Crippen MR) is 72.3 cm³/mol. The number of hydrogen-bond acceptors (Lipinski definition) is 3. The summed E-state index contributed by atoms with van der Waals surface area (Å²) in [6, 6.07) is 0.0626. The van der Waals surface area contributed by atoms with Gasteiger partial charge in [-0.05, 0) is 24.7 Å². The van der Waals surface area contributed by atoms with Crippen LogP contribution in [0.15, 0.2) is 0 Å². The van der Waals surface area contributed by atoms with Gasteiger partial charge in [-0.3, -0.25) is 9.59 Å². The lowest BCUT2D eigenvalue weighted by Crippen LogP contribution is -2.38. The Balaban J connectivity index is 2.08. The minimum Gasteiger partial charge on any atom is -0.460 e. The van der Waals surface area contributed by atoms with Gasteiger partial charge in [0, 0.05) is 13.0 Å². The van der Waals surface area contributed by atoms with Crippen molar-refractivity contribution in [1.29, 1.82) is 0 Å². The van der Waals surface area contributed by atoms with Crippen molar-refractivity contribution in [3.05, 3.63) is 0 Å². The van der Waals surface area contributed by atoms with Crippen molar-refractivity contribution in [1.82, 2.24) is 4.90 Å². The van der Waals surface area contributed by atoms with Crippen LogP contribution in [-0.4, -0.2) is 36.0 Å². The molecule has 0 bridgehead atoms. The van der Waals surface area contributed by atoms with Crippen molar-refractivity contribution in [2.45, 2.75) is 52.7 Å². The molecule has 108 valence electrons. The van der Waals surface area contributed by atoms with E-state index in [1.807, 2.05) is 7.05 Å². The lowest BCUT2D eigenvalue weighted by atomic mass is 9.88. The molecule has 4 atom stereocenters. The van der Waals surface area contributed by atoms with Crippen molar-refractivity contribution in [3.8, 4) is 0 Å². The van der Waals surface area contributed by atoms with Crippen LogP contribution in [0.5, 0.6) is 0 Å². The quantitative estimate of drug-likeness (QED) is 0.735. The molecule has 0 radical (unpaired) electrons. The topological polar surface area (TPSA) is 46.6 Å². The third-order valence-corrected chi connectivity index (χ3v) is 4.75. The number of carbonyl (C=O) groups is 2. The second-order valence-electron chi connectivity index (χ2n) is 6.66. The van der Waals surface area contributed by atoms with Crippen LogP contribution in [-0.2, 0) is 14.3 Å². The van der Waals surface area contributed by atoms with Crippen LogP contribution in [0.4, 0.5) is 0 Å². The van der Waals surface area contributed by atoms with E-state index in [0.29, 0.717) is 11.8 Å². The molecule has 4 heteroatoms. The molecule has 0 N–H and O–H groups in total. The molecule has 19 heavy (non-hydrogen) atoms. The zero-order valence-corrected chi connectivity index (χ0v) is 12.6. The first-order valence-corrected chi connectivity index (χ1v) is 7.30. The van der Waals surface area contributed by atoms with Crippen molar-refractivity contribution < 1.29 is 14.3 Å². The van der Waals surface area contributed by atoms with Crippen molar-refractivity contribution in [2.75, 3.05) is 7.05 Å². The van der Waals surface area contributed by atoms with Crippen molar-refractivity contribution >= 4 is 11.9 Å². The van der Waals surface area contributed by atoms with Crippen LogP contribution >= 0.6 is 0 Å². The fourth-order valence-electron chi connectivity index (χ4n) is 3.31. The maximum Gasteiger partial charge on any atom is 0.309 e. The first kappa shape index (κ1) is 14.4. The summed E-state index contributed by atoms with van der Waals surface area (Å²) in [5.41, 5.74) is 0. The lowest BCUT2D eigenvalue weighted by molar-refractivity contribution is -0.148. The maximum absolute atomic E-state index is 12.2. The van der Waals surface area contributed by atoms with E-state index in [2.05, 4.69) is 27.7 Å². The molecule has 2 saturated heterocycles. The third kappa shape index (κ3) is 2.49. The Labute approximate surface area is 115 Å². The molecule has 0 unspecified atom stereocenters. The van der Waals surface area contributed by atoms with Gasteiger partial charge in [0.1, 0.15) is 6.10 Å². The molecular weight excluding hydrogens is 242 g/mol. The standard InChI is InChI=1S/C15H25NO3/c1-8(2)10-6-12(16(5)14(10)17)13-7-11(9(3)4)15(18)19-13/h8-13H,6-7H2,1-5H3/t10-,11-,12-,13-/m0/s1. The average molecular weight is 267 g/mol. The van der Waals surface area contributed by atoms with Gasteiger partial charge in [-0.25, -0.2) is 0 Å². The molecule has 2 heterocycles. The van der Waals surface area contributed by atoms with Gasteiger partial charge >= 0.3 is 5.97 Å². The van der Waals surface area contributed by atoms with E-state index < -0.39 is 0 Å². The summed E-state index contributed by atoms with van der Waals surface area (Å²) in [5.74, 6) is 0.829. The van der Waals surface area contributed by atoms with Gasteiger partial charge in [0.25, 0.3) is 0 Å². The fourth-order valence-corrected chi connectivity index (χ4v) is 3.31. The molecule has 2 aliphatic rings. The number of nitrogens with zero attached hydrogens (tertiary/aromatic N) is 1. The highest BCUT2D eigenvalue weighted by atomic mass is 16.6. The molecule has 0 aliphatic carbocycles. The number of ether oxygens (including phenoxy) is 1. The van der Waals surface area contributed by atoms with E-state index in [0.717, 1.165) is 12.8 Å². The SMILES string of the molecule is CC(C)[C@@H]1C[C@@H]([C@@H]2C[C@@H](C(C)C)C(=O)N2C)OC1=O. The first-order valence-electron chi connectivity index (χ1n) is 7.30. The van der Waals surface area contributed by atoms with E-state index in [1.165, 1.54) is 0 Å². The van der Waals surface area contributed by atoms with E-state index in [9.17, 15) is 9.59 Å². The van der Waals surface area contributed by atoms with Gasteiger partial charge in [-0.2, -0.15) is 0 Å². The molecule has 2 rings (SSSR count). The largest absolute Gasteiger partial charge is 0.460 e. The molecule has 2 fully saturated rings. The van der Waals surface area contributed by atoms with E-state index in [4.69, 9.17) is 4.74 Å². The molecule has 0 saturated carbocycles. The lowest BCUT2D eigenvalue weighted by Gasteiger charge is -2.24. The second kappa shape index (κ2) is 5.14. The summed E-state index contributed by atoms with van der Waals surface area (Å²) in [6.45, 7) is 8.26. The van der Waals surface area contributed by atoms with Crippen LogP contribution in [0.2, 0.25) is 0 Å². The van der Waals surface area contributed by atoms with Crippen LogP contribution in [0.3, 0.4) is 0 Å². The number of cyclic esters (lactones) is 1. The zero-order chi connectivity index (χ0) is 14.3. The minimum atomic E-state index is -0.113. The van der Waals surface area contributed by atoms with Crippen LogP contribution < -0.4 is 0 Å². The summed E-state index contributed by atoms with van der Waals surface area (Å²) in [6.07, 6.45) is 1.46. The molecule has 2 aliphatic heterocycles. The van der Waals surface area contributed by atoms with Gasteiger partial charge in [-0.1, -0.05) is 27.7 Å². The van der Waals surface area contributed by atoms with Gasteiger partial charge in [-0.15, -0.1) is 0 Å². The van der Waals surface area contributed by atoms with Crippen LogP contribution in [0.25, 0.3) is 0 Å². The molecule has 0 spiro atoms. The van der Waals surface area contributed by atoms with Gasteiger partial charge in [0.05, 0.1) is 12.0 Å². The number of likely N-dealkylation sites (tertiary alicyclic amines) is 1. The third-order valence-electron chi connectivity index (χ3n) is 4.75. The van der Waals surface area contributed by atoms with Crippen molar-refractivity contribution in [3.63, 3.8) is 0 Å². The van der Waals surface area contributed by atoms with E-state index in [-0.39, 0.29) is 35.9 Å². The number of rotatable bonds is 3.